The Morgan fingerprint density at radius 1 is 0.272 bits per heavy atom. The molecule has 0 unspecified atom stereocenters. The SMILES string of the molecule is C1CCSC1.C1CCSCC1.O=S1(=O)CCCC1.O=S1(=O)CCCCO1.O=S1(=O)CCCO1.O=S1(=O)CCOCC1.O=S1(=O)OCCO1.O=S1CCCC1.O=S1CCCCC1.O=S1CCOCC1.O=S1OCCCO1.O=S1OCCO1. The molecule has 12 rings (SSSR count). The van der Waals surface area contributed by atoms with Gasteiger partial charge in [0.05, 0.1) is 114 Å². The van der Waals surface area contributed by atoms with Gasteiger partial charge in [0.1, 0.15) is 9.84 Å². The number of sulfone groups is 2. The van der Waals surface area contributed by atoms with Crippen molar-refractivity contribution in [3.63, 3.8) is 0 Å². The summed E-state index contributed by atoms with van der Waals surface area (Å²) >= 11 is 1.31. The lowest BCUT2D eigenvalue weighted by atomic mass is 10.3. The molecule has 0 atom stereocenters. The number of hydrogen-bond acceptors (Lipinski definition) is 27. The van der Waals surface area contributed by atoms with E-state index in [0.29, 0.717) is 84.0 Å². The fraction of sp³-hybridized carbons (Fsp3) is 1.00. The Kier molecular flexibility index (Phi) is 48.9. The summed E-state index contributed by atoms with van der Waals surface area (Å²) in [6, 6.07) is 0. The van der Waals surface area contributed by atoms with Crippen LogP contribution in [0.5, 0.6) is 0 Å². The van der Waals surface area contributed by atoms with E-state index in [0.717, 1.165) is 66.6 Å². The second kappa shape index (κ2) is 49.7. The Morgan fingerprint density at radius 2 is 0.630 bits per heavy atom. The van der Waals surface area contributed by atoms with Gasteiger partial charge in [-0.2, -0.15) is 57.2 Å². The van der Waals surface area contributed by atoms with Crippen LogP contribution in [-0.2, 0) is 148 Å². The lowest BCUT2D eigenvalue weighted by Crippen LogP contribution is -2.25. The van der Waals surface area contributed by atoms with Crippen LogP contribution in [0.3, 0.4) is 0 Å². The Labute approximate surface area is 504 Å². The summed E-state index contributed by atoms with van der Waals surface area (Å²) in [5, 5.41) is 0. The predicted molar refractivity (Wildman–Crippen MR) is 321 cm³/mol. The molecular weight excluding hydrogens is 1310 g/mol. The van der Waals surface area contributed by atoms with E-state index < -0.39 is 105 Å². The molecule has 0 aromatic heterocycles. The van der Waals surface area contributed by atoms with Gasteiger partial charge in [0.15, 0.2) is 9.84 Å². The third-order valence-electron chi connectivity index (χ3n) is 10.8. The quantitative estimate of drug-likeness (QED) is 0.315. The predicted octanol–water partition coefficient (Wildman–Crippen LogP) is 3.01. The maximum Gasteiger partial charge on any atom is 0.400 e. The minimum Gasteiger partial charge on any atom is -0.380 e. The van der Waals surface area contributed by atoms with E-state index in [1.54, 1.807) is 0 Å². The van der Waals surface area contributed by atoms with Gasteiger partial charge >= 0.3 is 33.1 Å². The second-order valence-corrected chi connectivity index (χ2v) is 36.6. The number of hydrogen-bond donors (Lipinski definition) is 0. The molecule has 12 aliphatic rings. The first-order valence-electron chi connectivity index (χ1n) is 26.9. The van der Waals surface area contributed by atoms with Crippen molar-refractivity contribution >= 4 is 129 Å². The lowest BCUT2D eigenvalue weighted by molar-refractivity contribution is 0.156. The van der Waals surface area contributed by atoms with Crippen LogP contribution in [0.25, 0.3) is 0 Å². The van der Waals surface area contributed by atoms with Gasteiger partial charge in [-0.15, -0.1) is 0 Å². The summed E-state index contributed by atoms with van der Waals surface area (Å²) in [5.41, 5.74) is 0. The van der Waals surface area contributed by atoms with Gasteiger partial charge in [-0.3, -0.25) is 37.7 Å². The molecule has 12 heterocycles. The molecule has 0 saturated carbocycles. The topological polar surface area (TPSA) is 348 Å². The van der Waals surface area contributed by atoms with Crippen molar-refractivity contribution in [2.45, 2.75) is 103 Å². The first kappa shape index (κ1) is 79.8. The Balaban J connectivity index is 0.000000442. The highest BCUT2D eigenvalue weighted by Gasteiger charge is 2.20. The highest BCUT2D eigenvalue weighted by atomic mass is 32.3. The smallest absolute Gasteiger partial charge is 0.380 e. The number of ether oxygens (including phenoxy) is 2. The zero-order valence-electron chi connectivity index (χ0n) is 46.2. The third kappa shape index (κ3) is 53.5. The van der Waals surface area contributed by atoms with Gasteiger partial charge in [-0.1, -0.05) is 12.8 Å². The summed E-state index contributed by atoms with van der Waals surface area (Å²) in [6.45, 7) is 5.25. The molecule has 0 N–H and O–H groups in total. The van der Waals surface area contributed by atoms with Crippen molar-refractivity contribution < 1.29 is 106 Å². The van der Waals surface area contributed by atoms with Gasteiger partial charge in [-0.25, -0.2) is 25.2 Å². The van der Waals surface area contributed by atoms with E-state index in [1.165, 1.54) is 87.2 Å². The summed E-state index contributed by atoms with van der Waals surface area (Å²) in [6.07, 6.45) is 18.3. The van der Waals surface area contributed by atoms with Crippen molar-refractivity contribution in [3.05, 3.63) is 0 Å². The molecule has 12 aliphatic heterocycles. The van der Waals surface area contributed by atoms with Crippen molar-refractivity contribution in [1.29, 1.82) is 0 Å². The van der Waals surface area contributed by atoms with Crippen molar-refractivity contribution in [2.24, 2.45) is 0 Å². The molecule has 0 aromatic rings. The zero-order valence-corrected chi connectivity index (χ0v) is 56.0. The molecule has 37 heteroatoms. The number of thioether (sulfide) groups is 2. The van der Waals surface area contributed by atoms with E-state index in [2.05, 4.69) is 57.0 Å². The molecule has 0 spiro atoms. The van der Waals surface area contributed by atoms with Gasteiger partial charge in [-0.05, 0) is 113 Å². The van der Waals surface area contributed by atoms with Crippen molar-refractivity contribution in [2.75, 3.05) is 171 Å². The van der Waals surface area contributed by atoms with Gasteiger partial charge < -0.3 is 9.47 Å². The number of rotatable bonds is 0. The molecule has 0 aliphatic carbocycles. The molecule has 25 nitrogen and oxygen atoms in total. The minimum atomic E-state index is -3.55. The standard InChI is InChI=1S/C5H10OS.C5H10S.2C4H8O3S.2C4H8O2S.C4H8OS.C4H8S.2C3H6O3S.C2H4O4S.C2H4O3S/c6-7-4-2-1-3-5-7;1-2-4-6-5-3-1;5-8(6)3-1-7-2-4-8;5-8(6)4-2-1-3-7-8;5-7-3-1-6-2-4-7;5-7(6)3-1-2-4-7;5-6-3-1-2-4-6;1-2-4-5-3-1;4-7(5)3-1-2-6-7;4-7-5-2-1-3-6-7;3-7(4)5-1-2-6-7;3-6-4-1-2-5-6/h1-5H2;1-5H2;2*1-4H2;2*1-4H2;1-4H2;1-4H2;2*1-3H2;1-2H2;1-2H2. The highest BCUT2D eigenvalue weighted by Crippen LogP contribution is 2.16. The molecule has 12 fully saturated rings. The highest BCUT2D eigenvalue weighted by molar-refractivity contribution is 7.99. The molecule has 12 saturated heterocycles. The van der Waals surface area contributed by atoms with Crippen LogP contribution in [0.4, 0.5) is 0 Å². The molecular formula is C44H88O25S12. The average Bonchev–Trinajstić information content (AvgIpc) is 4.33. The van der Waals surface area contributed by atoms with Crippen LogP contribution in [0.2, 0.25) is 0 Å². The molecule has 0 amide bonds. The zero-order chi connectivity index (χ0) is 60.0. The molecule has 0 radical (unpaired) electrons. The van der Waals surface area contributed by atoms with E-state index in [9.17, 15) is 63.1 Å². The summed E-state index contributed by atoms with van der Waals surface area (Å²) in [4.78, 5) is 0. The minimum absolute atomic E-state index is 0.155. The largest absolute Gasteiger partial charge is 0.400 e. The first-order chi connectivity index (χ1) is 38.5. The Hall–Kier alpha value is 0.800. The van der Waals surface area contributed by atoms with Crippen molar-refractivity contribution in [3.8, 4) is 0 Å². The maximum atomic E-state index is 10.6. The van der Waals surface area contributed by atoms with Crippen LogP contribution in [0.1, 0.15) is 103 Å². The van der Waals surface area contributed by atoms with Crippen LogP contribution < -0.4 is 0 Å². The van der Waals surface area contributed by atoms with Gasteiger partial charge in [0.2, 0.25) is 0 Å². The second-order valence-electron chi connectivity index (χ2n) is 17.9. The van der Waals surface area contributed by atoms with Gasteiger partial charge in [0, 0.05) is 66.9 Å². The van der Waals surface area contributed by atoms with Crippen molar-refractivity contribution in [1.82, 2.24) is 0 Å². The summed E-state index contributed by atoms with van der Waals surface area (Å²) in [7, 11) is -16.4. The van der Waals surface area contributed by atoms with E-state index in [4.69, 9.17) is 9.47 Å². The van der Waals surface area contributed by atoms with Crippen LogP contribution in [0.15, 0.2) is 0 Å². The summed E-state index contributed by atoms with van der Waals surface area (Å²) < 4.78 is 199. The van der Waals surface area contributed by atoms with Crippen LogP contribution in [-0.4, -0.2) is 234 Å². The van der Waals surface area contributed by atoms with Crippen LogP contribution in [0, 0.1) is 0 Å². The van der Waals surface area contributed by atoms with E-state index >= 15 is 0 Å². The monoisotopic (exact) mass is 1400 g/mol. The molecule has 0 bridgehead atoms. The van der Waals surface area contributed by atoms with E-state index in [-0.39, 0.29) is 36.2 Å². The summed E-state index contributed by atoms with van der Waals surface area (Å²) in [5.74, 6) is 12.6. The molecule has 81 heavy (non-hydrogen) atoms. The first-order valence-corrected chi connectivity index (χ1v) is 43.8. The molecule has 486 valence electrons. The third-order valence-corrected chi connectivity index (χ3v) is 25.7. The Bertz CT molecular complexity index is 1990. The fourth-order valence-corrected chi connectivity index (χ4v) is 17.9. The fourth-order valence-electron chi connectivity index (χ4n) is 6.46. The van der Waals surface area contributed by atoms with Gasteiger partial charge in [0.25, 0.3) is 20.2 Å². The lowest BCUT2D eigenvalue weighted by Gasteiger charge is -2.10. The normalized spacial score (nSPS) is 26.2. The average molecular weight is 1400 g/mol. The van der Waals surface area contributed by atoms with Crippen LogP contribution >= 0.6 is 23.5 Å². The Morgan fingerprint density at radius 3 is 0.827 bits per heavy atom. The van der Waals surface area contributed by atoms with E-state index in [1.807, 2.05) is 0 Å². The molecule has 0 aromatic carbocycles. The maximum absolute atomic E-state index is 10.6.